The number of esters is 1. The van der Waals surface area contributed by atoms with Crippen LogP contribution in [0.25, 0.3) is 0 Å². The highest BCUT2D eigenvalue weighted by Gasteiger charge is 2.66. The molecule has 0 unspecified atom stereocenters. The second-order valence-corrected chi connectivity index (χ2v) is 10.2. The van der Waals surface area contributed by atoms with Crippen LogP contribution in [0.5, 0.6) is 11.5 Å². The molecular formula is C23H19Br2NO5. The number of amides is 2. The number of hydrogen-bond acceptors (Lipinski definition) is 5. The standard InChI is InChI=1S/C23H19Br2NO5/c1-30-16-8-3-2-7-13(16)23(29)31-12-6-4-5-11(9-12)26-21(27)17-14-10-15(18(17)22(26)28)20(25)19(14)24/h2-9,14-15,17-20H,10H2,1H3/t14-,15-,17-,18+,19-,20+/m1/s1. The third-order valence-corrected chi connectivity index (χ3v) is 9.81. The van der Waals surface area contributed by atoms with Crippen molar-refractivity contribution in [3.63, 3.8) is 0 Å². The van der Waals surface area contributed by atoms with Gasteiger partial charge >= 0.3 is 5.97 Å². The van der Waals surface area contributed by atoms with Crippen LogP contribution in [0.3, 0.4) is 0 Å². The lowest BCUT2D eigenvalue weighted by atomic mass is 9.81. The van der Waals surface area contributed by atoms with Crippen LogP contribution in [-0.4, -0.2) is 34.5 Å². The first-order valence-corrected chi connectivity index (χ1v) is 11.9. The first kappa shape index (κ1) is 20.7. The predicted molar refractivity (Wildman–Crippen MR) is 121 cm³/mol. The van der Waals surface area contributed by atoms with Crippen molar-refractivity contribution in [2.45, 2.75) is 16.1 Å². The molecule has 3 fully saturated rings. The van der Waals surface area contributed by atoms with Crippen molar-refractivity contribution in [2.75, 3.05) is 12.0 Å². The highest BCUT2D eigenvalue weighted by molar-refractivity contribution is 9.12. The number of carbonyl (C=O) groups is 3. The molecule has 1 saturated heterocycles. The molecule has 0 radical (unpaired) electrons. The first-order valence-electron chi connectivity index (χ1n) is 10.0. The second kappa shape index (κ2) is 7.74. The normalized spacial score (nSPS) is 31.1. The van der Waals surface area contributed by atoms with Crippen LogP contribution in [0.1, 0.15) is 16.8 Å². The number of para-hydroxylation sites is 1. The number of hydrogen-bond donors (Lipinski definition) is 0. The fourth-order valence-electron chi connectivity index (χ4n) is 5.26. The van der Waals surface area contributed by atoms with Gasteiger partial charge in [0.25, 0.3) is 0 Å². The van der Waals surface area contributed by atoms with Gasteiger partial charge in [0.15, 0.2) is 0 Å². The van der Waals surface area contributed by atoms with Crippen molar-refractivity contribution in [3.05, 3.63) is 54.1 Å². The number of imide groups is 1. The van der Waals surface area contributed by atoms with Crippen molar-refractivity contribution in [1.29, 1.82) is 0 Å². The monoisotopic (exact) mass is 547 g/mol. The summed E-state index contributed by atoms with van der Waals surface area (Å²) in [5.41, 5.74) is 0.716. The Morgan fingerprint density at radius 1 is 0.968 bits per heavy atom. The Bertz CT molecular complexity index is 1060. The molecule has 2 aromatic rings. The zero-order valence-electron chi connectivity index (χ0n) is 16.5. The maximum Gasteiger partial charge on any atom is 0.347 e. The summed E-state index contributed by atoms with van der Waals surface area (Å²) in [5, 5.41) is 0. The number of ether oxygens (including phenoxy) is 2. The van der Waals surface area contributed by atoms with Crippen LogP contribution in [-0.2, 0) is 9.59 Å². The van der Waals surface area contributed by atoms with Crippen LogP contribution in [0.2, 0.25) is 0 Å². The van der Waals surface area contributed by atoms with E-state index in [1.807, 2.05) is 0 Å². The lowest BCUT2D eigenvalue weighted by molar-refractivity contribution is -0.123. The van der Waals surface area contributed by atoms with E-state index in [1.165, 1.54) is 12.0 Å². The van der Waals surface area contributed by atoms with Crippen molar-refractivity contribution < 1.29 is 23.9 Å². The van der Waals surface area contributed by atoms with Crippen molar-refractivity contribution in [2.24, 2.45) is 23.7 Å². The summed E-state index contributed by atoms with van der Waals surface area (Å²) in [6.07, 6.45) is 0.878. The Balaban J connectivity index is 1.40. The van der Waals surface area contributed by atoms with Gasteiger partial charge in [0.05, 0.1) is 24.6 Å². The van der Waals surface area contributed by atoms with Crippen LogP contribution in [0.15, 0.2) is 48.5 Å². The lowest BCUT2D eigenvalue weighted by Gasteiger charge is -2.28. The average Bonchev–Trinajstić information content (AvgIpc) is 3.38. The van der Waals surface area contributed by atoms with E-state index in [9.17, 15) is 14.4 Å². The number of rotatable bonds is 4. The summed E-state index contributed by atoms with van der Waals surface area (Å²) in [5.74, 6) is -0.547. The number of alkyl halides is 2. The molecule has 0 N–H and O–H groups in total. The van der Waals surface area contributed by atoms with E-state index in [2.05, 4.69) is 31.9 Å². The zero-order chi connectivity index (χ0) is 21.9. The summed E-state index contributed by atoms with van der Waals surface area (Å²) < 4.78 is 10.7. The summed E-state index contributed by atoms with van der Waals surface area (Å²) in [4.78, 5) is 40.7. The van der Waals surface area contributed by atoms with E-state index in [1.54, 1.807) is 48.5 Å². The highest BCUT2D eigenvalue weighted by atomic mass is 79.9. The minimum Gasteiger partial charge on any atom is -0.496 e. The lowest BCUT2D eigenvalue weighted by Crippen LogP contribution is -2.37. The molecule has 8 heteroatoms. The molecule has 6 nitrogen and oxygen atoms in total. The molecule has 6 atom stereocenters. The SMILES string of the molecule is COc1ccccc1C(=O)Oc1cccc(N2C(=O)[C@@H]3[C@H]4C[C@@H]([C@H](Br)[C@@H]4Br)[C@@H]3C2=O)c1. The minimum atomic E-state index is -0.576. The van der Waals surface area contributed by atoms with Gasteiger partial charge in [0.2, 0.25) is 11.8 Å². The first-order chi connectivity index (χ1) is 14.9. The van der Waals surface area contributed by atoms with E-state index in [-0.39, 0.29) is 50.9 Å². The summed E-state index contributed by atoms with van der Waals surface area (Å²) in [7, 11) is 1.48. The van der Waals surface area contributed by atoms with Gasteiger partial charge in [-0.3, -0.25) is 9.59 Å². The van der Waals surface area contributed by atoms with Gasteiger partial charge in [0, 0.05) is 15.7 Å². The Labute approximate surface area is 196 Å². The van der Waals surface area contributed by atoms with Crippen LogP contribution in [0.4, 0.5) is 5.69 Å². The van der Waals surface area contributed by atoms with Crippen molar-refractivity contribution in [3.8, 4) is 11.5 Å². The number of fused-ring (bicyclic) bond motifs is 5. The number of benzene rings is 2. The number of halogens is 2. The summed E-state index contributed by atoms with van der Waals surface area (Å²) in [6.45, 7) is 0. The highest BCUT2D eigenvalue weighted by Crippen LogP contribution is 2.60. The number of anilines is 1. The van der Waals surface area contributed by atoms with Gasteiger partial charge < -0.3 is 9.47 Å². The molecule has 3 aliphatic rings. The molecule has 0 aromatic heterocycles. The molecule has 2 saturated carbocycles. The molecule has 2 amide bonds. The molecule has 1 aliphatic heterocycles. The Kier molecular flexibility index (Phi) is 5.17. The van der Waals surface area contributed by atoms with E-state index < -0.39 is 5.97 Å². The van der Waals surface area contributed by atoms with Gasteiger partial charge in [-0.2, -0.15) is 0 Å². The van der Waals surface area contributed by atoms with E-state index >= 15 is 0 Å². The van der Waals surface area contributed by atoms with Gasteiger partial charge in [-0.1, -0.05) is 50.1 Å². The van der Waals surface area contributed by atoms with Gasteiger partial charge in [0.1, 0.15) is 17.1 Å². The third-order valence-electron chi connectivity index (χ3n) is 6.60. The molecule has 5 rings (SSSR count). The smallest absolute Gasteiger partial charge is 0.347 e. The maximum atomic E-state index is 13.2. The molecule has 31 heavy (non-hydrogen) atoms. The fraction of sp³-hybridized carbons (Fsp3) is 0.348. The van der Waals surface area contributed by atoms with E-state index in [0.29, 0.717) is 17.0 Å². The van der Waals surface area contributed by atoms with Crippen molar-refractivity contribution >= 4 is 55.3 Å². The van der Waals surface area contributed by atoms with E-state index in [0.717, 1.165) is 6.42 Å². The largest absolute Gasteiger partial charge is 0.496 e. The Morgan fingerprint density at radius 2 is 1.61 bits per heavy atom. The van der Waals surface area contributed by atoms with Gasteiger partial charge in [-0.05, 0) is 42.5 Å². The predicted octanol–water partition coefficient (Wildman–Crippen LogP) is 4.20. The maximum absolute atomic E-state index is 13.2. The van der Waals surface area contributed by atoms with Gasteiger partial charge in [-0.15, -0.1) is 0 Å². The fourth-order valence-corrected chi connectivity index (χ4v) is 7.14. The zero-order valence-corrected chi connectivity index (χ0v) is 19.7. The second-order valence-electron chi connectivity index (χ2n) is 8.10. The number of carbonyl (C=O) groups excluding carboxylic acids is 3. The molecule has 0 spiro atoms. The molecule has 160 valence electrons. The topological polar surface area (TPSA) is 72.9 Å². The Morgan fingerprint density at radius 3 is 2.26 bits per heavy atom. The summed E-state index contributed by atoms with van der Waals surface area (Å²) >= 11 is 7.39. The molecule has 2 bridgehead atoms. The molecule has 1 heterocycles. The van der Waals surface area contributed by atoms with E-state index in [4.69, 9.17) is 9.47 Å². The van der Waals surface area contributed by atoms with Crippen LogP contribution >= 0.6 is 31.9 Å². The number of methoxy groups -OCH3 is 1. The number of nitrogens with zero attached hydrogens (tertiary/aromatic N) is 1. The molecular weight excluding hydrogens is 530 g/mol. The average molecular weight is 549 g/mol. The van der Waals surface area contributed by atoms with Crippen LogP contribution in [0, 0.1) is 23.7 Å². The quantitative estimate of drug-likeness (QED) is 0.248. The third kappa shape index (κ3) is 3.14. The molecule has 2 aliphatic carbocycles. The van der Waals surface area contributed by atoms with Crippen LogP contribution < -0.4 is 14.4 Å². The Hall–Kier alpha value is -2.19. The van der Waals surface area contributed by atoms with Gasteiger partial charge in [-0.25, -0.2) is 9.69 Å². The molecule has 2 aromatic carbocycles. The summed E-state index contributed by atoms with van der Waals surface area (Å²) in [6, 6.07) is 13.3. The minimum absolute atomic E-state index is 0.146. The van der Waals surface area contributed by atoms with Crippen molar-refractivity contribution in [1.82, 2.24) is 0 Å².